The van der Waals surface area contributed by atoms with Crippen LogP contribution in [0.5, 0.6) is 0 Å². The van der Waals surface area contributed by atoms with Crippen LogP contribution in [0.4, 0.5) is 0 Å². The van der Waals surface area contributed by atoms with Gasteiger partial charge in [-0.2, -0.15) is 0 Å². The third-order valence-electron chi connectivity index (χ3n) is 14.6. The minimum atomic E-state index is -0.770. The Hall–Kier alpha value is -2.53. The maximum absolute atomic E-state index is 14.6. The van der Waals surface area contributed by atoms with E-state index in [1.54, 1.807) is 0 Å². The Morgan fingerprint density at radius 1 is 0.822 bits per heavy atom. The number of aliphatic hydroxyl groups is 2. The zero-order valence-electron chi connectivity index (χ0n) is 27.3. The van der Waals surface area contributed by atoms with E-state index in [2.05, 4.69) is 67.3 Å². The summed E-state index contributed by atoms with van der Waals surface area (Å²) in [6, 6.07) is 20.7. The third kappa shape index (κ3) is 4.24. The lowest BCUT2D eigenvalue weighted by molar-refractivity contribution is -0.177. The molecule has 2 N–H and O–H groups in total. The molecule has 0 aromatic heterocycles. The van der Waals surface area contributed by atoms with Gasteiger partial charge in [0.25, 0.3) is 0 Å². The number of aliphatic hydroxyl groups excluding tert-OH is 1. The summed E-state index contributed by atoms with van der Waals surface area (Å²) in [6.07, 6.45) is 16.7. The number of rotatable bonds is 6. The molecule has 45 heavy (non-hydrogen) atoms. The van der Waals surface area contributed by atoms with E-state index in [9.17, 15) is 15.0 Å². The van der Waals surface area contributed by atoms with Gasteiger partial charge in [0, 0.05) is 33.9 Å². The second-order valence-electron chi connectivity index (χ2n) is 16.4. The molecule has 4 fully saturated rings. The highest BCUT2D eigenvalue weighted by Crippen LogP contribution is 2.78. The zero-order chi connectivity index (χ0) is 31.1. The van der Waals surface area contributed by atoms with Crippen molar-refractivity contribution in [1.82, 2.24) is 4.90 Å². The van der Waals surface area contributed by atoms with Crippen molar-refractivity contribution in [1.29, 1.82) is 0 Å². The minimum Gasteiger partial charge on any atom is -0.393 e. The lowest BCUT2D eigenvalue weighted by Gasteiger charge is -2.71. The topological polar surface area (TPSA) is 60.8 Å². The number of piperidine rings is 1. The van der Waals surface area contributed by atoms with Crippen LogP contribution in [0.15, 0.2) is 84.5 Å². The first-order valence-electron chi connectivity index (χ1n) is 17.8. The van der Waals surface area contributed by atoms with E-state index in [-0.39, 0.29) is 39.5 Å². The van der Waals surface area contributed by atoms with Gasteiger partial charge in [-0.3, -0.25) is 4.79 Å². The van der Waals surface area contributed by atoms with E-state index in [4.69, 9.17) is 0 Å². The Morgan fingerprint density at radius 3 is 2.20 bits per heavy atom. The van der Waals surface area contributed by atoms with Crippen LogP contribution >= 0.6 is 0 Å². The lowest BCUT2D eigenvalue weighted by atomic mass is 9.32. The van der Waals surface area contributed by atoms with Crippen LogP contribution in [0.25, 0.3) is 0 Å². The SMILES string of the molecule is CC12CCC(O)CC13C=CC1(C(C(=O)c4ccccc4)=C3)C2CCC2(C)C1CCC2(O)CN1CCC(Cc2ccccc2)CC1. The van der Waals surface area contributed by atoms with Crippen LogP contribution in [0.2, 0.25) is 0 Å². The van der Waals surface area contributed by atoms with Gasteiger partial charge in [0.05, 0.1) is 11.7 Å². The summed E-state index contributed by atoms with van der Waals surface area (Å²) in [6.45, 7) is 7.68. The predicted molar refractivity (Wildman–Crippen MR) is 179 cm³/mol. The lowest BCUT2D eigenvalue weighted by Crippen LogP contribution is -2.67. The Bertz CT molecular complexity index is 1510. The highest BCUT2D eigenvalue weighted by molar-refractivity contribution is 6.10. The van der Waals surface area contributed by atoms with Gasteiger partial charge in [-0.25, -0.2) is 0 Å². The summed E-state index contributed by atoms with van der Waals surface area (Å²) in [5, 5.41) is 23.7. The molecular weight excluding hydrogens is 554 g/mol. The molecule has 2 aromatic carbocycles. The Labute approximate surface area is 269 Å². The number of carbonyl (C=O) groups excluding carboxylic acids is 1. The first-order valence-corrected chi connectivity index (χ1v) is 17.8. The number of benzene rings is 2. The number of allylic oxidation sites excluding steroid dienone is 4. The number of ketones is 1. The molecule has 7 aliphatic rings. The van der Waals surface area contributed by atoms with Crippen molar-refractivity contribution in [3.05, 3.63) is 95.6 Å². The van der Waals surface area contributed by atoms with Crippen LogP contribution in [0.1, 0.15) is 87.6 Å². The van der Waals surface area contributed by atoms with E-state index in [0.717, 1.165) is 75.7 Å². The van der Waals surface area contributed by atoms with Crippen LogP contribution in [-0.4, -0.2) is 52.2 Å². The highest BCUT2D eigenvalue weighted by atomic mass is 16.3. The van der Waals surface area contributed by atoms with E-state index in [1.807, 2.05) is 30.3 Å². The molecule has 0 radical (unpaired) electrons. The number of hydrogen-bond donors (Lipinski definition) is 2. The monoisotopic (exact) mass is 605 g/mol. The van der Waals surface area contributed by atoms with Crippen LogP contribution in [0, 0.1) is 39.4 Å². The Balaban J connectivity index is 1.11. The summed E-state index contributed by atoms with van der Waals surface area (Å²) < 4.78 is 0. The van der Waals surface area contributed by atoms with Crippen LogP contribution < -0.4 is 0 Å². The van der Waals surface area contributed by atoms with Crippen LogP contribution in [0.3, 0.4) is 0 Å². The third-order valence-corrected chi connectivity index (χ3v) is 14.6. The molecule has 1 saturated heterocycles. The van der Waals surface area contributed by atoms with Gasteiger partial charge in [-0.15, -0.1) is 0 Å². The highest BCUT2D eigenvalue weighted by Gasteiger charge is 2.74. The van der Waals surface area contributed by atoms with Gasteiger partial charge in [-0.05, 0) is 106 Å². The molecule has 9 rings (SSSR count). The van der Waals surface area contributed by atoms with Crippen LogP contribution in [-0.2, 0) is 6.42 Å². The van der Waals surface area contributed by atoms with E-state index in [0.29, 0.717) is 18.3 Å². The van der Waals surface area contributed by atoms with Gasteiger partial charge in [-0.1, -0.05) is 92.7 Å². The molecule has 4 nitrogen and oxygen atoms in total. The van der Waals surface area contributed by atoms with Crippen molar-refractivity contribution in [3.8, 4) is 0 Å². The predicted octanol–water partition coefficient (Wildman–Crippen LogP) is 7.42. The van der Waals surface area contributed by atoms with Gasteiger partial charge < -0.3 is 15.1 Å². The fourth-order valence-corrected chi connectivity index (χ4v) is 12.0. The molecule has 2 spiro atoms. The second kappa shape index (κ2) is 10.5. The summed E-state index contributed by atoms with van der Waals surface area (Å²) >= 11 is 0. The summed E-state index contributed by atoms with van der Waals surface area (Å²) in [5.41, 5.74) is 1.44. The zero-order valence-corrected chi connectivity index (χ0v) is 27.3. The molecule has 1 heterocycles. The first kappa shape index (κ1) is 29.8. The first-order chi connectivity index (χ1) is 21.6. The van der Waals surface area contributed by atoms with Crippen molar-refractivity contribution in [3.63, 3.8) is 0 Å². The van der Waals surface area contributed by atoms with Gasteiger partial charge >= 0.3 is 0 Å². The Morgan fingerprint density at radius 2 is 1.47 bits per heavy atom. The Kier molecular flexibility index (Phi) is 6.96. The minimum absolute atomic E-state index is 0.00409. The average Bonchev–Trinajstić information content (AvgIpc) is 3.32. The molecule has 238 valence electrons. The van der Waals surface area contributed by atoms with Crippen molar-refractivity contribution in [2.75, 3.05) is 19.6 Å². The quantitative estimate of drug-likeness (QED) is 0.266. The van der Waals surface area contributed by atoms with E-state index in [1.165, 1.54) is 18.4 Å². The summed E-state index contributed by atoms with van der Waals surface area (Å²) in [7, 11) is 0. The molecule has 4 heteroatoms. The smallest absolute Gasteiger partial charge is 0.189 e. The van der Waals surface area contributed by atoms with Gasteiger partial charge in [0.1, 0.15) is 0 Å². The largest absolute Gasteiger partial charge is 0.393 e. The number of β-amino-alcohol motifs (C(OH)–C–C–N with tert-alkyl or cyclic N) is 1. The fourth-order valence-electron chi connectivity index (χ4n) is 12.0. The number of Topliss-reactive ketones (excluding diaryl/α,β-unsaturated/α-hetero) is 1. The molecule has 6 aliphatic carbocycles. The molecule has 1 aliphatic heterocycles. The second-order valence-corrected chi connectivity index (χ2v) is 16.4. The van der Waals surface area contributed by atoms with E-state index >= 15 is 0 Å². The number of nitrogens with zero attached hydrogens (tertiary/aromatic N) is 1. The summed E-state index contributed by atoms with van der Waals surface area (Å²) in [5.74, 6) is 1.40. The van der Waals surface area contributed by atoms with E-state index < -0.39 is 5.60 Å². The molecule has 3 saturated carbocycles. The van der Waals surface area contributed by atoms with Crippen molar-refractivity contribution in [2.45, 2.75) is 89.8 Å². The van der Waals surface area contributed by atoms with Crippen molar-refractivity contribution in [2.24, 2.45) is 39.4 Å². The fraction of sp³-hybridized carbons (Fsp3) is 0.585. The maximum Gasteiger partial charge on any atom is 0.189 e. The number of hydrogen-bond acceptors (Lipinski definition) is 4. The molecule has 2 bridgehead atoms. The molecular formula is C41H51NO3. The molecule has 0 amide bonds. The van der Waals surface area contributed by atoms with Gasteiger partial charge in [0.2, 0.25) is 0 Å². The van der Waals surface area contributed by atoms with Crippen molar-refractivity contribution >= 4 is 5.78 Å². The summed E-state index contributed by atoms with van der Waals surface area (Å²) in [4.78, 5) is 17.1. The molecule has 8 unspecified atom stereocenters. The average molecular weight is 606 g/mol. The standard InChI is InChI=1S/C41H51NO3/c1-37-18-13-32(43)26-39(37)21-22-41(33(27-39)36(44)31-11-7-4-8-12-31)34(37)14-19-38(2)35(41)15-20-40(38,45)28-42-23-16-30(17-24-42)25-29-9-5-3-6-10-29/h3-12,21-22,27,30,32,34-35,43,45H,13-20,23-26,28H2,1-2H3. The molecule has 2 aromatic rings. The normalized spacial score (nSPS) is 42.5. The number of fused-ring (bicyclic) bond motifs is 1. The molecule has 8 atom stereocenters. The number of carbonyl (C=O) groups is 1. The maximum atomic E-state index is 14.6. The van der Waals surface area contributed by atoms with Crippen molar-refractivity contribution < 1.29 is 15.0 Å². The number of likely N-dealkylation sites (tertiary alicyclic amines) is 1. The van der Waals surface area contributed by atoms with Gasteiger partial charge in [0.15, 0.2) is 5.78 Å².